The van der Waals surface area contributed by atoms with Crippen molar-refractivity contribution >= 4 is 22.5 Å². The quantitative estimate of drug-likeness (QED) is 0.812. The zero-order valence-electron chi connectivity index (χ0n) is 11.1. The molecule has 1 aromatic heterocycles. The first-order chi connectivity index (χ1) is 9.74. The summed E-state index contributed by atoms with van der Waals surface area (Å²) in [6.07, 6.45) is 4.12. The van der Waals surface area contributed by atoms with Gasteiger partial charge in [-0.3, -0.25) is 9.78 Å². The van der Waals surface area contributed by atoms with Gasteiger partial charge in [-0.05, 0) is 43.0 Å². The molecule has 3 N–H and O–H groups in total. The SMILES string of the molecule is Nc1ccc(OCC(=O)NCC2CC2)c2cccnc12. The molecule has 0 spiro atoms. The summed E-state index contributed by atoms with van der Waals surface area (Å²) in [5.74, 6) is 1.20. The van der Waals surface area contributed by atoms with Crippen LogP contribution in [-0.4, -0.2) is 24.0 Å². The molecule has 0 bridgehead atoms. The number of rotatable bonds is 5. The minimum absolute atomic E-state index is 0.0145. The van der Waals surface area contributed by atoms with E-state index in [1.54, 1.807) is 18.3 Å². The average Bonchev–Trinajstić information content (AvgIpc) is 3.29. The highest BCUT2D eigenvalue weighted by Gasteiger charge is 2.21. The van der Waals surface area contributed by atoms with Gasteiger partial charge in [-0.15, -0.1) is 0 Å². The van der Waals surface area contributed by atoms with Gasteiger partial charge >= 0.3 is 0 Å². The number of pyridine rings is 1. The van der Waals surface area contributed by atoms with Gasteiger partial charge in [0, 0.05) is 18.1 Å². The van der Waals surface area contributed by atoms with Crippen LogP contribution in [0.4, 0.5) is 5.69 Å². The van der Waals surface area contributed by atoms with Crippen molar-refractivity contribution in [2.75, 3.05) is 18.9 Å². The van der Waals surface area contributed by atoms with E-state index in [9.17, 15) is 4.79 Å². The Kier molecular flexibility index (Phi) is 3.41. The predicted octanol–water partition coefficient (Wildman–Crippen LogP) is 1.72. The van der Waals surface area contributed by atoms with E-state index in [0.29, 0.717) is 22.9 Å². The summed E-state index contributed by atoms with van der Waals surface area (Å²) in [7, 11) is 0. The lowest BCUT2D eigenvalue weighted by molar-refractivity contribution is -0.123. The number of amides is 1. The van der Waals surface area contributed by atoms with E-state index < -0.39 is 0 Å². The van der Waals surface area contributed by atoms with E-state index in [0.717, 1.165) is 11.9 Å². The maximum atomic E-state index is 11.7. The number of carbonyl (C=O) groups excluding carboxylic acids is 1. The molecule has 3 rings (SSSR count). The third kappa shape index (κ3) is 2.82. The molecule has 20 heavy (non-hydrogen) atoms. The summed E-state index contributed by atoms with van der Waals surface area (Å²) in [6.45, 7) is 0.771. The number of hydrogen-bond donors (Lipinski definition) is 2. The second-order valence-corrected chi connectivity index (χ2v) is 5.09. The lowest BCUT2D eigenvalue weighted by Gasteiger charge is -2.10. The molecule has 0 saturated heterocycles. The molecule has 2 aromatic rings. The largest absolute Gasteiger partial charge is 0.483 e. The van der Waals surface area contributed by atoms with Gasteiger partial charge in [0.2, 0.25) is 0 Å². The summed E-state index contributed by atoms with van der Waals surface area (Å²) in [5, 5.41) is 3.69. The fourth-order valence-corrected chi connectivity index (χ4v) is 2.07. The Hall–Kier alpha value is -2.30. The summed E-state index contributed by atoms with van der Waals surface area (Å²) >= 11 is 0. The number of nitrogen functional groups attached to an aromatic ring is 1. The molecule has 0 unspecified atom stereocenters. The van der Waals surface area contributed by atoms with E-state index >= 15 is 0 Å². The van der Waals surface area contributed by atoms with Crippen molar-refractivity contribution in [2.45, 2.75) is 12.8 Å². The van der Waals surface area contributed by atoms with Crippen LogP contribution in [0.5, 0.6) is 5.75 Å². The highest BCUT2D eigenvalue weighted by Crippen LogP contribution is 2.28. The Labute approximate surface area is 117 Å². The van der Waals surface area contributed by atoms with E-state index in [1.165, 1.54) is 12.8 Å². The Morgan fingerprint density at radius 3 is 3.05 bits per heavy atom. The number of carbonyl (C=O) groups is 1. The lowest BCUT2D eigenvalue weighted by Crippen LogP contribution is -2.30. The molecule has 1 aliphatic rings. The molecule has 1 heterocycles. The second-order valence-electron chi connectivity index (χ2n) is 5.09. The summed E-state index contributed by atoms with van der Waals surface area (Å²) in [6, 6.07) is 7.22. The van der Waals surface area contributed by atoms with E-state index in [-0.39, 0.29) is 12.5 Å². The number of ether oxygens (including phenoxy) is 1. The van der Waals surface area contributed by atoms with E-state index in [1.807, 2.05) is 12.1 Å². The number of nitrogens with two attached hydrogens (primary N) is 1. The summed E-state index contributed by atoms with van der Waals surface area (Å²) in [4.78, 5) is 15.9. The summed E-state index contributed by atoms with van der Waals surface area (Å²) < 4.78 is 5.58. The molecular formula is C15H17N3O2. The fraction of sp³-hybridized carbons (Fsp3) is 0.333. The van der Waals surface area contributed by atoms with Crippen LogP contribution >= 0.6 is 0 Å². The first-order valence-corrected chi connectivity index (χ1v) is 6.77. The maximum absolute atomic E-state index is 11.7. The van der Waals surface area contributed by atoms with Crippen molar-refractivity contribution in [2.24, 2.45) is 5.92 Å². The maximum Gasteiger partial charge on any atom is 0.257 e. The molecule has 0 radical (unpaired) electrons. The molecule has 1 fully saturated rings. The first kappa shape index (κ1) is 12.7. The van der Waals surface area contributed by atoms with Gasteiger partial charge in [-0.25, -0.2) is 0 Å². The van der Waals surface area contributed by atoms with Crippen molar-refractivity contribution in [3.05, 3.63) is 30.5 Å². The third-order valence-electron chi connectivity index (χ3n) is 3.40. The van der Waals surface area contributed by atoms with Gasteiger partial charge in [0.25, 0.3) is 5.91 Å². The number of nitrogens with one attached hydrogen (secondary N) is 1. The van der Waals surface area contributed by atoms with Crippen LogP contribution in [-0.2, 0) is 4.79 Å². The molecule has 1 saturated carbocycles. The minimum Gasteiger partial charge on any atom is -0.483 e. The van der Waals surface area contributed by atoms with Crippen LogP contribution in [0, 0.1) is 5.92 Å². The minimum atomic E-state index is -0.0919. The molecule has 1 amide bonds. The van der Waals surface area contributed by atoms with Gasteiger partial charge in [-0.1, -0.05) is 0 Å². The molecule has 1 aliphatic carbocycles. The van der Waals surface area contributed by atoms with Gasteiger partial charge < -0.3 is 15.8 Å². The molecule has 0 aliphatic heterocycles. The predicted molar refractivity (Wildman–Crippen MR) is 77.4 cm³/mol. The second kappa shape index (κ2) is 5.36. The van der Waals surface area contributed by atoms with Crippen LogP contribution in [0.3, 0.4) is 0 Å². The van der Waals surface area contributed by atoms with Crippen molar-refractivity contribution < 1.29 is 9.53 Å². The number of hydrogen-bond acceptors (Lipinski definition) is 4. The zero-order chi connectivity index (χ0) is 13.9. The molecule has 104 valence electrons. The molecule has 5 heteroatoms. The van der Waals surface area contributed by atoms with Crippen LogP contribution < -0.4 is 15.8 Å². The van der Waals surface area contributed by atoms with Gasteiger partial charge in [0.05, 0.1) is 11.2 Å². The van der Waals surface area contributed by atoms with E-state index in [2.05, 4.69) is 10.3 Å². The van der Waals surface area contributed by atoms with Crippen molar-refractivity contribution in [1.82, 2.24) is 10.3 Å². The normalized spacial score (nSPS) is 14.2. The van der Waals surface area contributed by atoms with Crippen LogP contribution in [0.1, 0.15) is 12.8 Å². The highest BCUT2D eigenvalue weighted by atomic mass is 16.5. The lowest BCUT2D eigenvalue weighted by atomic mass is 10.2. The molecule has 5 nitrogen and oxygen atoms in total. The number of benzene rings is 1. The number of aromatic nitrogens is 1. The number of anilines is 1. The molecule has 0 atom stereocenters. The number of nitrogens with zero attached hydrogens (tertiary/aromatic N) is 1. The van der Waals surface area contributed by atoms with Crippen molar-refractivity contribution in [1.29, 1.82) is 0 Å². The zero-order valence-corrected chi connectivity index (χ0v) is 11.1. The Balaban J connectivity index is 1.67. The Morgan fingerprint density at radius 2 is 2.25 bits per heavy atom. The molecular weight excluding hydrogens is 254 g/mol. The van der Waals surface area contributed by atoms with Gasteiger partial charge in [-0.2, -0.15) is 0 Å². The Morgan fingerprint density at radius 1 is 1.40 bits per heavy atom. The average molecular weight is 271 g/mol. The third-order valence-corrected chi connectivity index (χ3v) is 3.40. The highest BCUT2D eigenvalue weighted by molar-refractivity contribution is 5.94. The van der Waals surface area contributed by atoms with Crippen LogP contribution in [0.25, 0.3) is 10.9 Å². The smallest absolute Gasteiger partial charge is 0.257 e. The van der Waals surface area contributed by atoms with Crippen LogP contribution in [0.15, 0.2) is 30.5 Å². The fourth-order valence-electron chi connectivity index (χ4n) is 2.07. The number of fused-ring (bicyclic) bond motifs is 1. The molecule has 1 aromatic carbocycles. The van der Waals surface area contributed by atoms with E-state index in [4.69, 9.17) is 10.5 Å². The first-order valence-electron chi connectivity index (χ1n) is 6.77. The topological polar surface area (TPSA) is 77.2 Å². The summed E-state index contributed by atoms with van der Waals surface area (Å²) in [5.41, 5.74) is 7.17. The standard InChI is InChI=1S/C15H17N3O2/c16-12-5-6-13(11-2-1-7-17-15(11)12)20-9-14(19)18-8-10-3-4-10/h1-2,5-7,10H,3-4,8-9,16H2,(H,18,19). The van der Waals surface area contributed by atoms with Crippen LogP contribution in [0.2, 0.25) is 0 Å². The Bertz CT molecular complexity index is 638. The van der Waals surface area contributed by atoms with Crippen molar-refractivity contribution in [3.63, 3.8) is 0 Å². The van der Waals surface area contributed by atoms with Gasteiger partial charge in [0.15, 0.2) is 6.61 Å². The van der Waals surface area contributed by atoms with Gasteiger partial charge in [0.1, 0.15) is 5.75 Å². The monoisotopic (exact) mass is 271 g/mol. The van der Waals surface area contributed by atoms with Crippen molar-refractivity contribution in [3.8, 4) is 5.75 Å².